The van der Waals surface area contributed by atoms with Crippen LogP contribution in [-0.4, -0.2) is 43.9 Å². The molecule has 2 saturated carbocycles. The third-order valence-corrected chi connectivity index (χ3v) is 11.7. The van der Waals surface area contributed by atoms with Crippen molar-refractivity contribution in [2.45, 2.75) is 55.3 Å². The fourth-order valence-electron chi connectivity index (χ4n) is 6.20. The number of hydrogen-bond donors (Lipinski definition) is 0. The van der Waals surface area contributed by atoms with Gasteiger partial charge < -0.3 is 0 Å². The lowest BCUT2D eigenvalue weighted by molar-refractivity contribution is 0.602. The van der Waals surface area contributed by atoms with Crippen molar-refractivity contribution in [2.24, 2.45) is 0 Å². The van der Waals surface area contributed by atoms with E-state index in [9.17, 15) is 8.42 Å². The number of hydrogen-bond acceptors (Lipinski definition) is 6. The lowest BCUT2D eigenvalue weighted by Crippen LogP contribution is -1.99. The molecule has 0 aliphatic heterocycles. The van der Waals surface area contributed by atoms with Crippen molar-refractivity contribution in [2.75, 3.05) is 6.26 Å². The Morgan fingerprint density at radius 2 is 1.14 bits per heavy atom. The third-order valence-electron chi connectivity index (χ3n) is 10.1. The fraction of sp³-hybridized carbons (Fsp3) is 0.231. The van der Waals surface area contributed by atoms with E-state index in [2.05, 4.69) is 98.5 Å². The molecule has 246 valence electrons. The minimum atomic E-state index is -3.27. The molecule has 8 nitrogen and oxygen atoms in total. The number of halogens is 1. The van der Waals surface area contributed by atoms with E-state index in [1.807, 2.05) is 30.9 Å². The normalized spacial score (nSPS) is 15.9. The Kier molecular flexibility index (Phi) is 7.57. The summed E-state index contributed by atoms with van der Waals surface area (Å²) in [6.45, 7) is 4.64. The molecule has 0 radical (unpaired) electrons. The van der Waals surface area contributed by atoms with Gasteiger partial charge >= 0.3 is 0 Å². The topological polar surface area (TPSA) is 94.5 Å². The molecule has 0 N–H and O–H groups in total. The van der Waals surface area contributed by atoms with E-state index in [0.29, 0.717) is 16.5 Å². The Morgan fingerprint density at radius 3 is 1.67 bits per heavy atom. The van der Waals surface area contributed by atoms with Crippen molar-refractivity contribution in [3.8, 4) is 33.4 Å². The van der Waals surface area contributed by atoms with Crippen molar-refractivity contribution >= 4 is 37.1 Å². The molecular weight excluding hydrogens is 696 g/mol. The van der Waals surface area contributed by atoms with E-state index < -0.39 is 9.84 Å². The maximum absolute atomic E-state index is 11.9. The molecule has 0 saturated heterocycles. The van der Waals surface area contributed by atoms with Gasteiger partial charge in [0.25, 0.3) is 0 Å². The molecule has 4 aromatic heterocycles. The highest BCUT2D eigenvalue weighted by molar-refractivity contribution is 9.10. The monoisotopic (exact) mass is 730 g/mol. The number of aromatic nitrogens is 6. The summed E-state index contributed by atoms with van der Waals surface area (Å²) in [7, 11) is -3.27. The first kappa shape index (κ1) is 31.6. The molecule has 2 fully saturated rings. The molecule has 7 aromatic rings. The minimum Gasteiger partial charge on any atom is -0.236 e. The van der Waals surface area contributed by atoms with E-state index in [4.69, 9.17) is 0 Å². The van der Waals surface area contributed by atoms with Crippen LogP contribution in [0.25, 0.3) is 44.7 Å². The van der Waals surface area contributed by atoms with Crippen molar-refractivity contribution in [1.29, 1.82) is 0 Å². The predicted octanol–water partition coefficient (Wildman–Crippen LogP) is 8.73. The van der Waals surface area contributed by atoms with Gasteiger partial charge in [-0.3, -0.25) is 0 Å². The van der Waals surface area contributed by atoms with Crippen LogP contribution < -0.4 is 0 Å². The SMILES string of the molecule is CC1(c2ccc(-c3cnc4c(-c5cccc(S(C)(=O)=O)c5)cnn4c3)cc2)CC1.CC1(c2ccc(-c3cnc4c(Br)cnn4c3)cc2)CC1. The minimum absolute atomic E-state index is 0.287. The molecule has 10 heteroatoms. The quantitative estimate of drug-likeness (QED) is 0.170. The van der Waals surface area contributed by atoms with Crippen LogP contribution in [0.4, 0.5) is 0 Å². The van der Waals surface area contributed by atoms with Gasteiger partial charge in [-0.1, -0.05) is 74.5 Å². The molecule has 3 aromatic carbocycles. The van der Waals surface area contributed by atoms with Gasteiger partial charge in [0.15, 0.2) is 21.1 Å². The van der Waals surface area contributed by atoms with E-state index >= 15 is 0 Å². The largest absolute Gasteiger partial charge is 0.236 e. The zero-order chi connectivity index (χ0) is 34.0. The Labute approximate surface area is 293 Å². The van der Waals surface area contributed by atoms with Gasteiger partial charge in [0.2, 0.25) is 0 Å². The van der Waals surface area contributed by atoms with Crippen LogP contribution in [0.2, 0.25) is 0 Å². The van der Waals surface area contributed by atoms with Crippen LogP contribution in [0.5, 0.6) is 0 Å². The molecule has 2 aliphatic rings. The van der Waals surface area contributed by atoms with Crippen molar-refractivity contribution in [3.63, 3.8) is 0 Å². The maximum atomic E-state index is 11.9. The number of rotatable bonds is 6. The zero-order valence-corrected chi connectivity index (χ0v) is 29.9. The van der Waals surface area contributed by atoms with Crippen molar-refractivity contribution in [3.05, 3.63) is 126 Å². The second-order valence-corrected chi connectivity index (χ2v) is 16.7. The van der Waals surface area contributed by atoms with Crippen LogP contribution in [0.15, 0.2) is 119 Å². The highest BCUT2D eigenvalue weighted by atomic mass is 79.9. The van der Waals surface area contributed by atoms with Crippen molar-refractivity contribution in [1.82, 2.24) is 29.2 Å². The molecule has 0 atom stereocenters. The van der Waals surface area contributed by atoms with Crippen LogP contribution in [0.3, 0.4) is 0 Å². The second-order valence-electron chi connectivity index (χ2n) is 13.8. The molecular formula is C39H35BrN6O2S. The van der Waals surface area contributed by atoms with Gasteiger partial charge in [-0.15, -0.1) is 0 Å². The summed E-state index contributed by atoms with van der Waals surface area (Å²) in [4.78, 5) is 9.36. The molecule has 0 amide bonds. The zero-order valence-electron chi connectivity index (χ0n) is 27.5. The molecule has 0 unspecified atom stereocenters. The van der Waals surface area contributed by atoms with E-state index in [-0.39, 0.29) is 4.90 Å². The third kappa shape index (κ3) is 6.19. The Hall–Kier alpha value is -4.67. The summed E-state index contributed by atoms with van der Waals surface area (Å²) < 4.78 is 28.2. The van der Waals surface area contributed by atoms with E-state index in [1.54, 1.807) is 39.6 Å². The highest BCUT2D eigenvalue weighted by Crippen LogP contribution is 2.48. The van der Waals surface area contributed by atoms with Crippen molar-refractivity contribution < 1.29 is 8.42 Å². The number of sulfone groups is 1. The molecule has 49 heavy (non-hydrogen) atoms. The summed E-state index contributed by atoms with van der Waals surface area (Å²) in [6, 6.07) is 24.4. The first-order valence-electron chi connectivity index (χ1n) is 16.3. The van der Waals surface area contributed by atoms with Gasteiger partial charge in [0, 0.05) is 47.7 Å². The van der Waals surface area contributed by atoms with Gasteiger partial charge in [0.1, 0.15) is 0 Å². The molecule has 4 heterocycles. The van der Waals surface area contributed by atoms with Crippen LogP contribution in [0, 0.1) is 0 Å². The Bertz CT molecular complexity index is 2460. The fourth-order valence-corrected chi connectivity index (χ4v) is 7.24. The van der Waals surface area contributed by atoms with Crippen LogP contribution in [-0.2, 0) is 20.7 Å². The lowest BCUT2D eigenvalue weighted by Gasteiger charge is -2.10. The standard InChI is InChI=1S/C23H21N3O2S.C16H14BrN3/c1-23(10-11-23)19-8-6-16(7-9-19)18-13-24-22-21(14-25-26(22)15-18)17-4-3-5-20(12-17)29(2,27)28;1-16(6-7-16)13-4-2-11(3-5-13)12-8-18-15-14(17)9-19-20(15)10-12/h3-9,12-15H,10-11H2,1-2H3;2-5,8-10H,6-7H2,1H3. The Balaban J connectivity index is 0.000000152. The molecule has 0 bridgehead atoms. The summed E-state index contributed by atoms with van der Waals surface area (Å²) in [6.07, 6.45) is 17.6. The number of nitrogens with zero attached hydrogens (tertiary/aromatic N) is 6. The first-order chi connectivity index (χ1) is 23.5. The van der Waals surface area contributed by atoms with Gasteiger partial charge in [-0.05, 0) is 92.4 Å². The summed E-state index contributed by atoms with van der Waals surface area (Å²) in [5.41, 5.74) is 11.1. The van der Waals surface area contributed by atoms with Gasteiger partial charge in [-0.25, -0.2) is 27.4 Å². The van der Waals surface area contributed by atoms with Gasteiger partial charge in [0.05, 0.1) is 21.8 Å². The summed E-state index contributed by atoms with van der Waals surface area (Å²) in [5, 5.41) is 8.72. The van der Waals surface area contributed by atoms with Crippen LogP contribution in [0.1, 0.15) is 50.7 Å². The Morgan fingerprint density at radius 1 is 0.633 bits per heavy atom. The van der Waals surface area contributed by atoms with E-state index in [0.717, 1.165) is 37.9 Å². The lowest BCUT2D eigenvalue weighted by atomic mass is 9.96. The molecule has 0 spiro atoms. The number of benzene rings is 3. The smallest absolute Gasteiger partial charge is 0.175 e. The molecule has 2 aliphatic carbocycles. The van der Waals surface area contributed by atoms with E-state index in [1.165, 1.54) is 48.6 Å². The second kappa shape index (κ2) is 11.7. The maximum Gasteiger partial charge on any atom is 0.175 e. The highest BCUT2D eigenvalue weighted by Gasteiger charge is 2.39. The summed E-state index contributed by atoms with van der Waals surface area (Å²) >= 11 is 3.44. The van der Waals surface area contributed by atoms with Crippen LogP contribution >= 0.6 is 15.9 Å². The predicted molar refractivity (Wildman–Crippen MR) is 196 cm³/mol. The average molecular weight is 732 g/mol. The first-order valence-corrected chi connectivity index (χ1v) is 19.0. The summed E-state index contributed by atoms with van der Waals surface area (Å²) in [5.74, 6) is 0. The molecule has 9 rings (SSSR count). The average Bonchev–Trinajstić information content (AvgIpc) is 3.97. The van der Waals surface area contributed by atoms with Gasteiger partial charge in [-0.2, -0.15) is 10.2 Å². The number of fused-ring (bicyclic) bond motifs is 2.